The molecule has 2 aliphatic carbocycles. The van der Waals surface area contributed by atoms with Crippen LogP contribution in [0.4, 0.5) is 0 Å². The maximum absolute atomic E-state index is 12.1. The fraction of sp³-hybridized carbons (Fsp3) is 0.429. The second-order valence-corrected chi connectivity index (χ2v) is 6.33. The van der Waals surface area contributed by atoms with Crippen molar-refractivity contribution in [1.29, 1.82) is 0 Å². The lowest BCUT2D eigenvalue weighted by Crippen LogP contribution is -2.43. The average Bonchev–Trinajstić information content (AvgIpc) is 3.22. The van der Waals surface area contributed by atoms with Crippen LogP contribution in [0.15, 0.2) is 18.2 Å². The Labute approximate surface area is 126 Å². The minimum atomic E-state index is -1.02. The summed E-state index contributed by atoms with van der Waals surface area (Å²) < 4.78 is 0. The summed E-state index contributed by atoms with van der Waals surface area (Å²) in [4.78, 5) is 23.1. The number of hydrogen-bond acceptors (Lipinski definition) is 2. The molecule has 4 nitrogen and oxygen atoms in total. The van der Waals surface area contributed by atoms with Crippen LogP contribution < -0.4 is 5.32 Å². The van der Waals surface area contributed by atoms with Crippen LogP contribution in [-0.4, -0.2) is 22.5 Å². The van der Waals surface area contributed by atoms with Crippen LogP contribution in [0.25, 0.3) is 0 Å². The van der Waals surface area contributed by atoms with Crippen LogP contribution in [0.1, 0.15) is 30.7 Å². The van der Waals surface area contributed by atoms with Gasteiger partial charge in [0.25, 0.3) is 0 Å². The molecule has 0 aliphatic heterocycles. The van der Waals surface area contributed by atoms with Crippen LogP contribution in [0.5, 0.6) is 0 Å². The van der Waals surface area contributed by atoms with Crippen LogP contribution >= 0.6 is 23.2 Å². The first kappa shape index (κ1) is 13.7. The van der Waals surface area contributed by atoms with E-state index in [4.69, 9.17) is 28.3 Å². The molecule has 2 fully saturated rings. The minimum absolute atomic E-state index is 0.0596. The quantitative estimate of drug-likeness (QED) is 0.898. The molecule has 106 valence electrons. The van der Waals surface area contributed by atoms with Crippen molar-refractivity contribution < 1.29 is 14.7 Å². The summed E-state index contributed by atoms with van der Waals surface area (Å²) in [6.45, 7) is 0. The van der Waals surface area contributed by atoms with Gasteiger partial charge < -0.3 is 10.4 Å². The molecule has 1 aromatic rings. The van der Waals surface area contributed by atoms with E-state index in [1.165, 1.54) is 0 Å². The molecule has 0 radical (unpaired) electrons. The molecule has 2 aliphatic rings. The zero-order chi connectivity index (χ0) is 14.5. The Morgan fingerprint density at radius 2 is 2.00 bits per heavy atom. The highest BCUT2D eigenvalue weighted by Gasteiger charge is 2.55. The second kappa shape index (κ2) is 4.64. The third-order valence-corrected chi connectivity index (χ3v) is 4.57. The molecule has 1 aromatic carbocycles. The van der Waals surface area contributed by atoms with Crippen LogP contribution in [0.2, 0.25) is 10.0 Å². The van der Waals surface area contributed by atoms with Gasteiger partial charge in [-0.25, -0.2) is 4.79 Å². The van der Waals surface area contributed by atoms with Gasteiger partial charge in [0.2, 0.25) is 5.91 Å². The molecule has 0 bridgehead atoms. The van der Waals surface area contributed by atoms with Gasteiger partial charge in [0.1, 0.15) is 5.54 Å². The number of carboxylic acids is 1. The number of hydrogen-bond donors (Lipinski definition) is 2. The highest BCUT2D eigenvalue weighted by atomic mass is 35.5. The Bertz CT molecular complexity index is 598. The molecule has 0 unspecified atom stereocenters. The summed E-state index contributed by atoms with van der Waals surface area (Å²) in [7, 11) is 0. The molecule has 6 heteroatoms. The van der Waals surface area contributed by atoms with E-state index in [1.807, 2.05) is 6.07 Å². The minimum Gasteiger partial charge on any atom is -0.480 e. The first-order chi connectivity index (χ1) is 9.43. The van der Waals surface area contributed by atoms with Gasteiger partial charge in [-0.1, -0.05) is 29.3 Å². The van der Waals surface area contributed by atoms with Gasteiger partial charge >= 0.3 is 5.97 Å². The lowest BCUT2D eigenvalue weighted by Gasteiger charge is -2.12. The second-order valence-electron chi connectivity index (χ2n) is 5.49. The maximum Gasteiger partial charge on any atom is 0.329 e. The average molecular weight is 314 g/mol. The third-order valence-electron chi connectivity index (χ3n) is 4.01. The number of rotatable bonds is 4. The molecule has 2 saturated carbocycles. The third kappa shape index (κ3) is 2.38. The number of aliphatic carboxylic acids is 1. The lowest BCUT2D eigenvalue weighted by atomic mass is 10.1. The number of carbonyl (C=O) groups is 2. The fourth-order valence-corrected chi connectivity index (χ4v) is 3.03. The van der Waals surface area contributed by atoms with Gasteiger partial charge in [-0.3, -0.25) is 4.79 Å². The normalized spacial score (nSPS) is 25.9. The van der Waals surface area contributed by atoms with Crippen molar-refractivity contribution in [1.82, 2.24) is 5.32 Å². The van der Waals surface area contributed by atoms with Gasteiger partial charge in [-0.2, -0.15) is 0 Å². The van der Waals surface area contributed by atoms with Gasteiger partial charge in [-0.15, -0.1) is 0 Å². The highest BCUT2D eigenvalue weighted by molar-refractivity contribution is 6.35. The fourth-order valence-electron chi connectivity index (χ4n) is 2.48. The highest BCUT2D eigenvalue weighted by Crippen LogP contribution is 2.50. The molecule has 3 rings (SSSR count). The van der Waals surface area contributed by atoms with Crippen molar-refractivity contribution in [2.24, 2.45) is 5.92 Å². The van der Waals surface area contributed by atoms with Crippen molar-refractivity contribution in [2.45, 2.75) is 30.7 Å². The predicted molar refractivity (Wildman–Crippen MR) is 75.1 cm³/mol. The topological polar surface area (TPSA) is 66.4 Å². The number of amides is 1. The number of nitrogens with one attached hydrogen (secondary N) is 1. The zero-order valence-electron chi connectivity index (χ0n) is 10.5. The largest absolute Gasteiger partial charge is 0.480 e. The molecular formula is C14H13Cl2NO3. The van der Waals surface area contributed by atoms with Crippen molar-refractivity contribution in [2.75, 3.05) is 0 Å². The number of carbonyl (C=O) groups excluding carboxylic acids is 1. The monoisotopic (exact) mass is 313 g/mol. The molecule has 1 amide bonds. The Kier molecular flexibility index (Phi) is 3.18. The Balaban J connectivity index is 1.67. The van der Waals surface area contributed by atoms with Gasteiger partial charge in [-0.05, 0) is 42.9 Å². The predicted octanol–water partition coefficient (Wildman–Crippen LogP) is 2.83. The molecule has 0 aromatic heterocycles. The van der Waals surface area contributed by atoms with E-state index in [0.717, 1.165) is 5.56 Å². The number of benzene rings is 1. The number of halogens is 2. The summed E-state index contributed by atoms with van der Waals surface area (Å²) >= 11 is 12.0. The summed E-state index contributed by atoms with van der Waals surface area (Å²) in [6, 6.07) is 5.23. The van der Waals surface area contributed by atoms with Crippen LogP contribution in [0.3, 0.4) is 0 Å². The Hall–Kier alpha value is -1.26. The number of carboxylic acid groups (broad SMARTS) is 1. The van der Waals surface area contributed by atoms with Crippen LogP contribution in [-0.2, 0) is 9.59 Å². The lowest BCUT2D eigenvalue weighted by molar-refractivity contribution is -0.143. The van der Waals surface area contributed by atoms with Crippen molar-refractivity contribution >= 4 is 35.1 Å². The van der Waals surface area contributed by atoms with Gasteiger partial charge in [0.15, 0.2) is 0 Å². The molecule has 20 heavy (non-hydrogen) atoms. The van der Waals surface area contributed by atoms with E-state index in [9.17, 15) is 9.59 Å². The molecule has 2 atom stereocenters. The Morgan fingerprint density at radius 3 is 2.55 bits per heavy atom. The molecule has 2 N–H and O–H groups in total. The van der Waals surface area contributed by atoms with E-state index >= 15 is 0 Å². The first-order valence-electron chi connectivity index (χ1n) is 6.43. The smallest absolute Gasteiger partial charge is 0.329 e. The summed E-state index contributed by atoms with van der Waals surface area (Å²) in [5, 5.41) is 12.8. The summed E-state index contributed by atoms with van der Waals surface area (Å²) in [5.74, 6) is -1.27. The summed E-state index contributed by atoms with van der Waals surface area (Å²) in [5.41, 5.74) is -0.120. The van der Waals surface area contributed by atoms with E-state index in [1.54, 1.807) is 12.1 Å². The van der Waals surface area contributed by atoms with E-state index in [2.05, 4.69) is 5.32 Å². The maximum atomic E-state index is 12.1. The van der Waals surface area contributed by atoms with Gasteiger partial charge in [0, 0.05) is 16.0 Å². The van der Waals surface area contributed by atoms with Crippen molar-refractivity contribution in [3.8, 4) is 0 Å². The molecular weight excluding hydrogens is 301 g/mol. The standard InChI is InChI=1S/C14H13Cl2NO3/c15-7-1-2-8(11(16)5-7)9-6-10(9)12(18)17-14(3-4-14)13(19)20/h1-2,5,9-10H,3-4,6H2,(H,17,18)(H,19,20)/t9-,10+/m1/s1. The van der Waals surface area contributed by atoms with Crippen molar-refractivity contribution in [3.63, 3.8) is 0 Å². The van der Waals surface area contributed by atoms with E-state index in [-0.39, 0.29) is 17.7 Å². The van der Waals surface area contributed by atoms with Crippen molar-refractivity contribution in [3.05, 3.63) is 33.8 Å². The van der Waals surface area contributed by atoms with Crippen LogP contribution in [0, 0.1) is 5.92 Å². The van der Waals surface area contributed by atoms with Gasteiger partial charge in [0.05, 0.1) is 0 Å². The van der Waals surface area contributed by atoms with E-state index < -0.39 is 11.5 Å². The first-order valence-corrected chi connectivity index (χ1v) is 7.19. The molecule has 0 heterocycles. The van der Waals surface area contributed by atoms with E-state index in [0.29, 0.717) is 29.3 Å². The molecule has 0 saturated heterocycles. The zero-order valence-corrected chi connectivity index (χ0v) is 12.0. The SMILES string of the molecule is O=C(NC1(C(=O)O)CC1)[C@H]1C[C@@H]1c1ccc(Cl)cc1Cl. The Morgan fingerprint density at radius 1 is 1.30 bits per heavy atom. The molecule has 0 spiro atoms. The summed E-state index contributed by atoms with van der Waals surface area (Å²) in [6.07, 6.45) is 1.71.